The van der Waals surface area contributed by atoms with Gasteiger partial charge in [-0.05, 0) is 41.3 Å². The van der Waals surface area contributed by atoms with Crippen LogP contribution in [0, 0.1) is 4.91 Å². The largest absolute Gasteiger partial charge is 0.497 e. The van der Waals surface area contributed by atoms with Crippen LogP contribution in [0.3, 0.4) is 0 Å². The number of hydrogen-bond acceptors (Lipinski definition) is 4. The molecule has 0 amide bonds. The van der Waals surface area contributed by atoms with Crippen molar-refractivity contribution in [1.29, 1.82) is 0 Å². The van der Waals surface area contributed by atoms with E-state index in [1.165, 1.54) is 19.7 Å². The molecule has 24 heavy (non-hydrogen) atoms. The lowest BCUT2D eigenvalue weighted by atomic mass is 10.0. The molecular weight excluding hydrogens is 306 g/mol. The Morgan fingerprint density at radius 1 is 1.25 bits per heavy atom. The van der Waals surface area contributed by atoms with Crippen LogP contribution in [0.5, 0.6) is 5.75 Å². The highest BCUT2D eigenvalue weighted by Crippen LogP contribution is 2.23. The number of nitrogens with zero attached hydrogens (tertiary/aromatic N) is 3. The summed E-state index contributed by atoms with van der Waals surface area (Å²) in [5.74, 6) is 0.999. The summed E-state index contributed by atoms with van der Waals surface area (Å²) in [5.41, 5.74) is 0.821. The van der Waals surface area contributed by atoms with Crippen LogP contribution in [0.1, 0.15) is 45.7 Å². The maximum atomic E-state index is 12.0. The number of imidazole rings is 1. The third-order valence-corrected chi connectivity index (χ3v) is 3.25. The van der Waals surface area contributed by atoms with Crippen molar-refractivity contribution in [2.75, 3.05) is 13.7 Å². The van der Waals surface area contributed by atoms with E-state index in [2.05, 4.69) is 18.8 Å². The lowest BCUT2D eigenvalue weighted by molar-refractivity contribution is -0.462. The Bertz CT molecular complexity index is 662. The van der Waals surface area contributed by atoms with Crippen LogP contribution in [0.25, 0.3) is 0 Å². The molecular formula is C18H26N3O3+. The maximum Gasteiger partial charge on any atom is 0.378 e. The summed E-state index contributed by atoms with van der Waals surface area (Å²) in [5, 5.41) is 0. The number of Topliss-reactive ketones (excluding diaryl/α,β-unsaturated/α-hetero) is 1. The second kappa shape index (κ2) is 9.60. The van der Waals surface area contributed by atoms with E-state index in [9.17, 15) is 9.70 Å². The van der Waals surface area contributed by atoms with Crippen molar-refractivity contribution < 1.29 is 14.3 Å². The Balaban J connectivity index is 0.000000891. The molecule has 1 heterocycles. The fourth-order valence-electron chi connectivity index (χ4n) is 2.16. The minimum absolute atomic E-state index is 0.0296. The van der Waals surface area contributed by atoms with E-state index in [1.807, 2.05) is 12.1 Å². The van der Waals surface area contributed by atoms with Crippen molar-refractivity contribution in [3.8, 4) is 5.75 Å². The summed E-state index contributed by atoms with van der Waals surface area (Å²) in [6.45, 7) is 7.82. The fourth-order valence-corrected chi connectivity index (χ4v) is 2.16. The van der Waals surface area contributed by atoms with E-state index >= 15 is 0 Å². The molecule has 0 fully saturated rings. The molecule has 130 valence electrons. The Morgan fingerprint density at radius 3 is 2.29 bits per heavy atom. The van der Waals surface area contributed by atoms with Crippen molar-refractivity contribution >= 4 is 11.6 Å². The Kier molecular flexibility index (Phi) is 7.82. The van der Waals surface area contributed by atoms with Crippen molar-refractivity contribution in [2.24, 2.45) is 0 Å². The molecule has 0 aliphatic rings. The van der Waals surface area contributed by atoms with Gasteiger partial charge in [0.25, 0.3) is 0 Å². The molecule has 1 atom stereocenters. The number of methoxy groups -OCH3 is 1. The van der Waals surface area contributed by atoms with Gasteiger partial charge >= 0.3 is 5.82 Å². The third kappa shape index (κ3) is 5.01. The zero-order valence-electron chi connectivity index (χ0n) is 15.0. The molecule has 0 bridgehead atoms. The molecule has 0 saturated carbocycles. The van der Waals surface area contributed by atoms with Gasteiger partial charge < -0.3 is 4.74 Å². The molecule has 6 heteroatoms. The minimum atomic E-state index is -0.498. The number of hydrogen-bond donors (Lipinski definition) is 0. The van der Waals surface area contributed by atoms with Gasteiger partial charge in [0.05, 0.1) is 7.11 Å². The van der Waals surface area contributed by atoms with E-state index in [4.69, 9.17) is 4.74 Å². The van der Waals surface area contributed by atoms with Crippen LogP contribution in [-0.4, -0.2) is 33.7 Å². The van der Waals surface area contributed by atoms with Gasteiger partial charge in [-0.2, -0.15) is 0 Å². The minimum Gasteiger partial charge on any atom is -0.497 e. The maximum absolute atomic E-state index is 12.0. The molecule has 2 rings (SSSR count). The highest BCUT2D eigenvalue weighted by Gasteiger charge is 2.23. The number of ether oxygens (including phenoxy) is 1. The molecule has 0 aliphatic carbocycles. The van der Waals surface area contributed by atoms with Crippen LogP contribution in [0.2, 0.25) is 0 Å². The first-order valence-corrected chi connectivity index (χ1v) is 8.10. The van der Waals surface area contributed by atoms with E-state index < -0.39 is 6.04 Å². The lowest BCUT2D eigenvalue weighted by Gasteiger charge is -2.14. The summed E-state index contributed by atoms with van der Waals surface area (Å²) in [7, 11) is 1.59. The van der Waals surface area contributed by atoms with Gasteiger partial charge in [0.15, 0.2) is 5.78 Å². The quantitative estimate of drug-likeness (QED) is 0.752. The van der Waals surface area contributed by atoms with Crippen molar-refractivity contribution in [2.45, 2.75) is 40.2 Å². The molecule has 2 aromatic rings. The number of benzene rings is 1. The van der Waals surface area contributed by atoms with Gasteiger partial charge in [0, 0.05) is 0 Å². The van der Waals surface area contributed by atoms with Gasteiger partial charge in [-0.25, -0.2) is 0 Å². The molecule has 1 unspecified atom stereocenters. The molecule has 0 N–H and O–H groups in total. The topological polar surface area (TPSA) is 64.2 Å². The van der Waals surface area contributed by atoms with E-state index in [0.29, 0.717) is 12.4 Å². The average Bonchev–Trinajstić information content (AvgIpc) is 3.05. The first-order valence-electron chi connectivity index (χ1n) is 8.10. The van der Waals surface area contributed by atoms with Crippen molar-refractivity contribution in [3.05, 3.63) is 47.3 Å². The highest BCUT2D eigenvalue weighted by molar-refractivity contribution is 5.83. The van der Waals surface area contributed by atoms with Crippen LogP contribution in [0.15, 0.2) is 36.8 Å². The first-order chi connectivity index (χ1) is 11.5. The molecule has 1 aromatic heterocycles. The monoisotopic (exact) mass is 332 g/mol. The number of nitroso groups, excluding NO2 is 1. The Labute approximate surface area is 143 Å². The molecule has 0 saturated heterocycles. The average molecular weight is 332 g/mol. The fraction of sp³-hybridized carbons (Fsp3) is 0.444. The normalized spacial score (nSPS) is 11.2. The summed E-state index contributed by atoms with van der Waals surface area (Å²) in [4.78, 5) is 27.6. The number of aromatic nitrogens is 2. The summed E-state index contributed by atoms with van der Waals surface area (Å²) in [6.07, 6.45) is 4.35. The second-order valence-electron chi connectivity index (χ2n) is 5.37. The molecule has 0 radical (unpaired) electrons. The second-order valence-corrected chi connectivity index (χ2v) is 5.37. The van der Waals surface area contributed by atoms with E-state index in [0.717, 1.165) is 16.1 Å². The standard InChI is InChI=1S/C15H18N3O3.C3H8/c1-4-18(20)14-9-17(10-16-14)15(11(2)19)12-5-7-13(21-3)8-6-12;1-3-2/h5-10,15H,4H2,1-3H3;3H2,1-2H3/q+1;. The van der Waals surface area contributed by atoms with Gasteiger partial charge in [0.2, 0.25) is 6.33 Å². The predicted octanol–water partition coefficient (Wildman–Crippen LogP) is 3.92. The molecule has 0 spiro atoms. The number of rotatable bonds is 6. The molecule has 0 aliphatic heterocycles. The van der Waals surface area contributed by atoms with E-state index in [1.54, 1.807) is 36.9 Å². The predicted molar refractivity (Wildman–Crippen MR) is 93.8 cm³/mol. The van der Waals surface area contributed by atoms with Crippen LogP contribution >= 0.6 is 0 Å². The molecule has 1 aromatic carbocycles. The number of carbonyl (C=O) groups is 1. The Morgan fingerprint density at radius 2 is 1.83 bits per heavy atom. The van der Waals surface area contributed by atoms with Gasteiger partial charge in [-0.15, -0.1) is 0 Å². The van der Waals surface area contributed by atoms with Crippen LogP contribution in [0.4, 0.5) is 5.82 Å². The summed E-state index contributed by atoms with van der Waals surface area (Å²) in [6, 6.07) is 6.77. The lowest BCUT2D eigenvalue weighted by Crippen LogP contribution is -2.17. The van der Waals surface area contributed by atoms with Crippen molar-refractivity contribution in [1.82, 2.24) is 9.55 Å². The Hall–Kier alpha value is -2.50. The van der Waals surface area contributed by atoms with Crippen LogP contribution < -0.4 is 4.74 Å². The van der Waals surface area contributed by atoms with Crippen LogP contribution in [-0.2, 0) is 4.79 Å². The molecule has 6 nitrogen and oxygen atoms in total. The van der Waals surface area contributed by atoms with Gasteiger partial charge in [-0.3, -0.25) is 9.36 Å². The summed E-state index contributed by atoms with van der Waals surface area (Å²) < 4.78 is 7.55. The van der Waals surface area contributed by atoms with Gasteiger partial charge in [0.1, 0.15) is 24.5 Å². The number of ketones is 1. The smallest absolute Gasteiger partial charge is 0.378 e. The zero-order valence-corrected chi connectivity index (χ0v) is 15.0. The van der Waals surface area contributed by atoms with Crippen molar-refractivity contribution in [3.63, 3.8) is 0 Å². The zero-order chi connectivity index (χ0) is 18.1. The van der Waals surface area contributed by atoms with E-state index in [-0.39, 0.29) is 5.78 Å². The third-order valence-electron chi connectivity index (χ3n) is 3.25. The number of carbonyl (C=O) groups excluding carboxylic acids is 1. The van der Waals surface area contributed by atoms with Gasteiger partial charge in [-0.1, -0.05) is 37.3 Å². The summed E-state index contributed by atoms with van der Waals surface area (Å²) >= 11 is 0. The highest BCUT2D eigenvalue weighted by atomic mass is 16.5. The first kappa shape index (κ1) is 19.5. The SMILES string of the molecule is CCC.CC[N+](=O)c1cn(C(C(C)=O)c2ccc(OC)cc2)cn1.